The predicted octanol–water partition coefficient (Wildman–Crippen LogP) is 3.26. The summed E-state index contributed by atoms with van der Waals surface area (Å²) in [6, 6.07) is 9.99. The largest absolute Gasteiger partial charge is 0.496 e. The second-order valence-electron chi connectivity index (χ2n) is 7.34. The van der Waals surface area contributed by atoms with E-state index >= 15 is 0 Å². The number of hydrogen-bond donors (Lipinski definition) is 0. The Hall–Kier alpha value is -3.75. The van der Waals surface area contributed by atoms with Crippen molar-refractivity contribution in [2.75, 3.05) is 7.11 Å². The first-order valence-electron chi connectivity index (χ1n) is 9.63. The van der Waals surface area contributed by atoms with E-state index in [1.807, 2.05) is 18.2 Å². The summed E-state index contributed by atoms with van der Waals surface area (Å²) in [5.41, 5.74) is -0.0738. The van der Waals surface area contributed by atoms with Crippen LogP contribution in [0.4, 0.5) is 8.78 Å². The van der Waals surface area contributed by atoms with Crippen LogP contribution in [0.25, 0.3) is 16.9 Å². The van der Waals surface area contributed by atoms with Crippen LogP contribution in [0.15, 0.2) is 58.4 Å². The van der Waals surface area contributed by atoms with Gasteiger partial charge in [0, 0.05) is 17.7 Å². The van der Waals surface area contributed by atoms with Crippen molar-refractivity contribution in [3.8, 4) is 11.4 Å². The third-order valence-corrected chi connectivity index (χ3v) is 5.06. The Bertz CT molecular complexity index is 1400. The van der Waals surface area contributed by atoms with E-state index in [1.54, 1.807) is 31.6 Å². The van der Waals surface area contributed by atoms with Crippen molar-refractivity contribution in [2.24, 2.45) is 0 Å². The fourth-order valence-electron chi connectivity index (χ4n) is 3.60. The molecule has 0 aliphatic heterocycles. The molecule has 0 saturated heterocycles. The van der Waals surface area contributed by atoms with Crippen LogP contribution >= 0.6 is 0 Å². The smallest absolute Gasteiger partial charge is 0.337 e. The van der Waals surface area contributed by atoms with Crippen LogP contribution in [0.3, 0.4) is 0 Å². The fourth-order valence-corrected chi connectivity index (χ4v) is 3.60. The minimum Gasteiger partial charge on any atom is -0.496 e. The summed E-state index contributed by atoms with van der Waals surface area (Å²) in [7, 11) is 1.55. The zero-order valence-corrected chi connectivity index (χ0v) is 17.2. The first kappa shape index (κ1) is 20.5. The molecule has 0 N–H and O–H groups in total. The molecule has 0 atom stereocenters. The van der Waals surface area contributed by atoms with Gasteiger partial charge in [0.25, 0.3) is 5.56 Å². The number of methoxy groups -OCH3 is 1. The Balaban J connectivity index is 2.02. The van der Waals surface area contributed by atoms with Crippen molar-refractivity contribution >= 4 is 11.2 Å². The number of para-hydroxylation sites is 1. The fraction of sp³-hybridized carbons (Fsp3) is 0.227. The Morgan fingerprint density at radius 1 is 1.06 bits per heavy atom. The maximum Gasteiger partial charge on any atom is 0.337 e. The van der Waals surface area contributed by atoms with Gasteiger partial charge in [-0.05, 0) is 32.0 Å². The van der Waals surface area contributed by atoms with Crippen molar-refractivity contribution in [3.05, 3.63) is 86.8 Å². The summed E-state index contributed by atoms with van der Waals surface area (Å²) in [5.74, 6) is -1.50. The topological polar surface area (TPSA) is 71.1 Å². The standard InChI is InChI=1S/C22H20F2N4O3/c1-13(2)27-21(29)19-20(28(22(27)30)15-8-9-16(23)17(24)10-15)25-12-26(19)11-14-6-4-5-7-18(14)31-3/h4-10,12-13H,11H2,1-3H3. The summed E-state index contributed by atoms with van der Waals surface area (Å²) in [5, 5.41) is 0. The van der Waals surface area contributed by atoms with E-state index in [1.165, 1.54) is 12.4 Å². The number of fused-ring (bicyclic) bond motifs is 1. The van der Waals surface area contributed by atoms with E-state index in [4.69, 9.17) is 4.74 Å². The van der Waals surface area contributed by atoms with Crippen LogP contribution in [0.2, 0.25) is 0 Å². The molecule has 0 amide bonds. The summed E-state index contributed by atoms with van der Waals surface area (Å²) < 4.78 is 36.6. The van der Waals surface area contributed by atoms with E-state index in [0.717, 1.165) is 26.8 Å². The summed E-state index contributed by atoms with van der Waals surface area (Å²) in [4.78, 5) is 30.7. The van der Waals surface area contributed by atoms with Gasteiger partial charge in [0.2, 0.25) is 0 Å². The van der Waals surface area contributed by atoms with Gasteiger partial charge in [-0.1, -0.05) is 18.2 Å². The number of halogens is 2. The van der Waals surface area contributed by atoms with Gasteiger partial charge >= 0.3 is 5.69 Å². The van der Waals surface area contributed by atoms with Crippen LogP contribution in [0, 0.1) is 11.6 Å². The van der Waals surface area contributed by atoms with Crippen LogP contribution in [-0.4, -0.2) is 25.8 Å². The second-order valence-corrected chi connectivity index (χ2v) is 7.34. The monoisotopic (exact) mass is 426 g/mol. The summed E-state index contributed by atoms with van der Waals surface area (Å²) >= 11 is 0. The molecule has 0 spiro atoms. The van der Waals surface area contributed by atoms with Crippen LogP contribution in [0.1, 0.15) is 25.5 Å². The van der Waals surface area contributed by atoms with Gasteiger partial charge in [-0.15, -0.1) is 0 Å². The van der Waals surface area contributed by atoms with Gasteiger partial charge in [0.05, 0.1) is 25.7 Å². The van der Waals surface area contributed by atoms with Gasteiger partial charge in [-0.25, -0.2) is 23.1 Å². The first-order chi connectivity index (χ1) is 14.8. The summed E-state index contributed by atoms with van der Waals surface area (Å²) in [6.07, 6.45) is 1.44. The average Bonchev–Trinajstić information content (AvgIpc) is 3.14. The lowest BCUT2D eigenvalue weighted by atomic mass is 10.2. The summed E-state index contributed by atoms with van der Waals surface area (Å²) in [6.45, 7) is 3.67. The number of benzene rings is 2. The maximum atomic E-state index is 13.9. The minimum absolute atomic E-state index is 0.0628. The van der Waals surface area contributed by atoms with Crippen molar-refractivity contribution < 1.29 is 13.5 Å². The molecular formula is C22H20F2N4O3. The highest BCUT2D eigenvalue weighted by Gasteiger charge is 2.21. The van der Waals surface area contributed by atoms with Gasteiger partial charge in [0.15, 0.2) is 22.8 Å². The van der Waals surface area contributed by atoms with E-state index in [0.29, 0.717) is 5.75 Å². The number of rotatable bonds is 5. The molecule has 160 valence electrons. The molecule has 0 aliphatic rings. The van der Waals surface area contributed by atoms with Crippen molar-refractivity contribution in [1.82, 2.24) is 18.7 Å². The van der Waals surface area contributed by atoms with Crippen LogP contribution in [0.5, 0.6) is 5.75 Å². The highest BCUT2D eigenvalue weighted by atomic mass is 19.2. The number of aromatic nitrogens is 4. The molecule has 0 bridgehead atoms. The van der Waals surface area contributed by atoms with E-state index < -0.39 is 28.9 Å². The van der Waals surface area contributed by atoms with Gasteiger partial charge in [0.1, 0.15) is 5.75 Å². The van der Waals surface area contributed by atoms with Gasteiger partial charge < -0.3 is 9.30 Å². The lowest BCUT2D eigenvalue weighted by Crippen LogP contribution is -2.41. The minimum atomic E-state index is -1.10. The quantitative estimate of drug-likeness (QED) is 0.491. The third-order valence-electron chi connectivity index (χ3n) is 5.06. The molecular weight excluding hydrogens is 406 g/mol. The van der Waals surface area contributed by atoms with Crippen molar-refractivity contribution in [2.45, 2.75) is 26.4 Å². The third kappa shape index (κ3) is 3.41. The second kappa shape index (κ2) is 7.82. The highest BCUT2D eigenvalue weighted by molar-refractivity contribution is 5.72. The molecule has 0 fully saturated rings. The van der Waals surface area contributed by atoms with Crippen LogP contribution in [-0.2, 0) is 6.54 Å². The molecule has 2 heterocycles. The SMILES string of the molecule is COc1ccccc1Cn1cnc2c1c(=O)n(C(C)C)c(=O)n2-c1ccc(F)c(F)c1. The number of hydrogen-bond acceptors (Lipinski definition) is 4. The Morgan fingerprint density at radius 3 is 2.48 bits per heavy atom. The molecule has 31 heavy (non-hydrogen) atoms. The first-order valence-corrected chi connectivity index (χ1v) is 9.63. The molecule has 2 aromatic carbocycles. The Morgan fingerprint density at radius 2 is 1.81 bits per heavy atom. The molecule has 7 nitrogen and oxygen atoms in total. The molecule has 0 saturated carbocycles. The molecule has 4 rings (SSSR count). The highest BCUT2D eigenvalue weighted by Crippen LogP contribution is 2.21. The van der Waals surface area contributed by atoms with E-state index in [2.05, 4.69) is 4.98 Å². The zero-order chi connectivity index (χ0) is 22.3. The number of ether oxygens (including phenoxy) is 1. The molecule has 2 aromatic heterocycles. The van der Waals surface area contributed by atoms with Gasteiger partial charge in [-0.3, -0.25) is 9.36 Å². The normalized spacial score (nSPS) is 11.4. The van der Waals surface area contributed by atoms with Crippen LogP contribution < -0.4 is 16.0 Å². The molecule has 9 heteroatoms. The number of nitrogens with zero attached hydrogens (tertiary/aromatic N) is 4. The Labute approximate surface area is 175 Å². The van der Waals surface area contributed by atoms with Crippen molar-refractivity contribution in [3.63, 3.8) is 0 Å². The lowest BCUT2D eigenvalue weighted by molar-refractivity contribution is 0.408. The average molecular weight is 426 g/mol. The zero-order valence-electron chi connectivity index (χ0n) is 17.2. The maximum absolute atomic E-state index is 13.9. The molecule has 0 aliphatic carbocycles. The molecule has 0 radical (unpaired) electrons. The Kier molecular flexibility index (Phi) is 5.18. The van der Waals surface area contributed by atoms with Crippen molar-refractivity contribution in [1.29, 1.82) is 0 Å². The predicted molar refractivity (Wildman–Crippen MR) is 112 cm³/mol. The van der Waals surface area contributed by atoms with E-state index in [9.17, 15) is 18.4 Å². The number of imidazole rings is 1. The lowest BCUT2D eigenvalue weighted by Gasteiger charge is -2.15. The molecule has 4 aromatic rings. The van der Waals surface area contributed by atoms with E-state index in [-0.39, 0.29) is 23.4 Å². The van der Waals surface area contributed by atoms with Gasteiger partial charge in [-0.2, -0.15) is 0 Å². The molecule has 0 unspecified atom stereocenters.